The Bertz CT molecular complexity index is 300. The first-order chi connectivity index (χ1) is 6.48. The number of hydrogen-bond donors (Lipinski definition) is 0. The Kier molecular flexibility index (Phi) is 1.67. The molecule has 1 heterocycles. The van der Waals surface area contributed by atoms with E-state index >= 15 is 0 Å². The molecule has 0 N–H and O–H groups in total. The van der Waals surface area contributed by atoms with Crippen LogP contribution in [-0.2, 0) is 9.31 Å². The van der Waals surface area contributed by atoms with Crippen molar-refractivity contribution in [2.24, 2.45) is 11.3 Å². The van der Waals surface area contributed by atoms with Crippen LogP contribution in [0.2, 0.25) is 0 Å². The predicted octanol–water partition coefficient (Wildman–Crippen LogP) is 2.40. The van der Waals surface area contributed by atoms with E-state index in [1.54, 1.807) is 0 Å². The first kappa shape index (κ1) is 9.67. The van der Waals surface area contributed by atoms with E-state index in [0.717, 1.165) is 5.23 Å². The van der Waals surface area contributed by atoms with Crippen molar-refractivity contribution in [2.45, 2.75) is 44.8 Å². The molecule has 0 amide bonds. The van der Waals surface area contributed by atoms with Crippen LogP contribution in [-0.4, -0.2) is 23.5 Å². The van der Waals surface area contributed by atoms with Crippen molar-refractivity contribution in [3.05, 3.63) is 0 Å². The van der Waals surface area contributed by atoms with E-state index in [4.69, 9.17) is 9.31 Å². The van der Waals surface area contributed by atoms with Crippen molar-refractivity contribution in [3.63, 3.8) is 0 Å². The van der Waals surface area contributed by atoms with Gasteiger partial charge in [-0.15, -0.1) is 0 Å². The highest BCUT2D eigenvalue weighted by Gasteiger charge is 2.82. The van der Waals surface area contributed by atoms with Crippen LogP contribution in [0.1, 0.15) is 33.6 Å². The molecule has 0 radical (unpaired) electrons. The van der Waals surface area contributed by atoms with E-state index in [1.165, 1.54) is 12.8 Å². The number of alkyl halides is 1. The molecule has 1 aliphatic heterocycles. The second-order valence-electron chi connectivity index (χ2n) is 5.47. The Labute approximate surface area is 94.0 Å². The molecule has 2 saturated carbocycles. The molecule has 0 spiro atoms. The molecule has 3 unspecified atom stereocenters. The molecule has 2 nitrogen and oxygen atoms in total. The number of halogens is 1. The Morgan fingerprint density at radius 2 is 2.07 bits per heavy atom. The minimum absolute atomic E-state index is 0.0293. The van der Waals surface area contributed by atoms with Gasteiger partial charge < -0.3 is 9.31 Å². The molecule has 14 heavy (non-hydrogen) atoms. The maximum atomic E-state index is 6.07. The van der Waals surface area contributed by atoms with E-state index in [0.29, 0.717) is 11.3 Å². The summed E-state index contributed by atoms with van der Waals surface area (Å²) in [6, 6.07) is 0. The van der Waals surface area contributed by atoms with Crippen LogP contribution in [0.3, 0.4) is 0 Å². The summed E-state index contributed by atoms with van der Waals surface area (Å²) in [5.74, 6) is 0.712. The topological polar surface area (TPSA) is 18.5 Å². The maximum absolute atomic E-state index is 6.07. The fraction of sp³-hybridized carbons (Fsp3) is 1.00. The van der Waals surface area contributed by atoms with Crippen LogP contribution < -0.4 is 0 Å². The van der Waals surface area contributed by atoms with Crippen LogP contribution in [0, 0.1) is 11.3 Å². The Morgan fingerprint density at radius 3 is 2.50 bits per heavy atom. The average Bonchev–Trinajstić information content (AvgIpc) is 2.35. The third-order valence-corrected chi connectivity index (χ3v) is 5.82. The van der Waals surface area contributed by atoms with E-state index in [-0.39, 0.29) is 18.3 Å². The Balaban J connectivity index is 1.97. The van der Waals surface area contributed by atoms with Gasteiger partial charge in [0.2, 0.25) is 0 Å². The molecule has 4 atom stereocenters. The highest BCUT2D eigenvalue weighted by atomic mass is 79.9. The lowest BCUT2D eigenvalue weighted by molar-refractivity contribution is -0.318. The zero-order valence-electron chi connectivity index (χ0n) is 8.97. The smallest absolute Gasteiger partial charge is 0.402 e. The van der Waals surface area contributed by atoms with E-state index in [2.05, 4.69) is 36.7 Å². The summed E-state index contributed by atoms with van der Waals surface area (Å²) in [5, 5.41) is 0.779. The summed E-state index contributed by atoms with van der Waals surface area (Å²) in [4.78, 5) is 0. The monoisotopic (exact) mass is 258 g/mol. The molecular weight excluding hydrogens is 243 g/mol. The predicted molar refractivity (Wildman–Crippen MR) is 59.4 cm³/mol. The summed E-state index contributed by atoms with van der Waals surface area (Å²) in [6.07, 6.45) is 2.60. The van der Waals surface area contributed by atoms with Crippen LogP contribution in [0.5, 0.6) is 0 Å². The van der Waals surface area contributed by atoms with Gasteiger partial charge >= 0.3 is 7.12 Å². The van der Waals surface area contributed by atoms with E-state index in [9.17, 15) is 0 Å². The molecule has 0 aromatic rings. The van der Waals surface area contributed by atoms with Gasteiger partial charge in [-0.3, -0.25) is 0 Å². The Hall–Kier alpha value is 0.465. The van der Waals surface area contributed by atoms with Gasteiger partial charge in [-0.25, -0.2) is 0 Å². The largest absolute Gasteiger partial charge is 0.469 e. The molecule has 2 aliphatic carbocycles. The standard InChI is InChI=1S/C10H16BBrO2/c1-8-5-4-7(8)9(2)10(8,3)14-11(6-12)13-9/h7H,4-6H2,1-3H3/t7?,8?,9-,10?/m0/s1. The van der Waals surface area contributed by atoms with Crippen molar-refractivity contribution >= 4 is 23.0 Å². The lowest BCUT2D eigenvalue weighted by Gasteiger charge is -2.75. The highest BCUT2D eigenvalue weighted by Crippen LogP contribution is 2.75. The fourth-order valence-electron chi connectivity index (χ4n) is 4.07. The lowest BCUT2D eigenvalue weighted by atomic mass is 9.34. The molecule has 78 valence electrons. The van der Waals surface area contributed by atoms with Gasteiger partial charge in [0, 0.05) is 10.6 Å². The van der Waals surface area contributed by atoms with Crippen LogP contribution in [0.4, 0.5) is 0 Å². The van der Waals surface area contributed by atoms with Crippen LogP contribution >= 0.6 is 15.9 Å². The molecule has 1 saturated heterocycles. The van der Waals surface area contributed by atoms with Crippen molar-refractivity contribution in [1.29, 1.82) is 0 Å². The third kappa shape index (κ3) is 0.698. The molecule has 0 aromatic heterocycles. The van der Waals surface area contributed by atoms with Gasteiger partial charge in [-0.05, 0) is 32.6 Å². The number of fused-ring (bicyclic) bond motifs is 4. The zero-order valence-corrected chi connectivity index (χ0v) is 10.6. The maximum Gasteiger partial charge on any atom is 0.469 e. The highest BCUT2D eigenvalue weighted by molar-refractivity contribution is 9.09. The summed E-state index contributed by atoms with van der Waals surface area (Å²) in [6.45, 7) is 6.80. The molecule has 4 heteroatoms. The first-order valence-corrected chi connectivity index (χ1v) is 6.52. The summed E-state index contributed by atoms with van der Waals surface area (Å²) < 4.78 is 12.1. The van der Waals surface area contributed by atoms with Gasteiger partial charge in [0.25, 0.3) is 0 Å². The van der Waals surface area contributed by atoms with Gasteiger partial charge in [0.1, 0.15) is 0 Å². The molecule has 0 bridgehead atoms. The molecule has 3 fully saturated rings. The minimum Gasteiger partial charge on any atom is -0.402 e. The van der Waals surface area contributed by atoms with Crippen molar-refractivity contribution in [3.8, 4) is 0 Å². The summed E-state index contributed by atoms with van der Waals surface area (Å²) in [7, 11) is -0.0487. The Morgan fingerprint density at radius 1 is 1.36 bits per heavy atom. The molecule has 0 aromatic carbocycles. The second-order valence-corrected chi connectivity index (χ2v) is 6.12. The van der Waals surface area contributed by atoms with E-state index < -0.39 is 0 Å². The second kappa shape index (κ2) is 2.41. The van der Waals surface area contributed by atoms with Gasteiger partial charge in [-0.1, -0.05) is 22.9 Å². The lowest BCUT2D eigenvalue weighted by Crippen LogP contribution is -2.80. The van der Waals surface area contributed by atoms with Gasteiger partial charge in [0.15, 0.2) is 0 Å². The van der Waals surface area contributed by atoms with Crippen molar-refractivity contribution < 1.29 is 9.31 Å². The summed E-state index contributed by atoms with van der Waals surface area (Å²) in [5.41, 5.74) is 0.290. The average molecular weight is 259 g/mol. The quantitative estimate of drug-likeness (QED) is 0.531. The molecule has 3 aliphatic rings. The summed E-state index contributed by atoms with van der Waals surface area (Å²) >= 11 is 3.44. The SMILES string of the molecule is CC12CCC1[C@]1(C)OB(CBr)OC21C. The third-order valence-electron chi connectivity index (χ3n) is 5.29. The van der Waals surface area contributed by atoms with Crippen molar-refractivity contribution in [2.75, 3.05) is 5.23 Å². The normalized spacial score (nSPS) is 60.0. The molecular formula is C10H16BBrO2. The van der Waals surface area contributed by atoms with Crippen LogP contribution in [0.25, 0.3) is 0 Å². The van der Waals surface area contributed by atoms with Gasteiger partial charge in [-0.2, -0.15) is 0 Å². The van der Waals surface area contributed by atoms with Crippen LogP contribution in [0.15, 0.2) is 0 Å². The number of hydrogen-bond acceptors (Lipinski definition) is 2. The molecule has 3 rings (SSSR count). The minimum atomic E-state index is -0.0542. The first-order valence-electron chi connectivity index (χ1n) is 5.39. The van der Waals surface area contributed by atoms with Gasteiger partial charge in [0.05, 0.1) is 11.2 Å². The van der Waals surface area contributed by atoms with E-state index in [1.807, 2.05) is 0 Å². The van der Waals surface area contributed by atoms with Crippen molar-refractivity contribution in [1.82, 2.24) is 0 Å². The zero-order chi connectivity index (χ0) is 10.2. The fourth-order valence-corrected chi connectivity index (χ4v) is 4.33. The number of rotatable bonds is 1.